The molecule has 0 radical (unpaired) electrons. The molecule has 4 nitrogen and oxygen atoms in total. The molecule has 0 aliphatic carbocycles. The van der Waals surface area contributed by atoms with Crippen LogP contribution in [-0.2, 0) is 12.4 Å². The van der Waals surface area contributed by atoms with Crippen molar-refractivity contribution in [2.45, 2.75) is 19.3 Å². The third kappa shape index (κ3) is 3.52. The number of benzene rings is 2. The van der Waals surface area contributed by atoms with Crippen LogP contribution in [0.5, 0.6) is 0 Å². The van der Waals surface area contributed by atoms with Crippen LogP contribution in [0.15, 0.2) is 42.5 Å². The van der Waals surface area contributed by atoms with Crippen molar-refractivity contribution < 1.29 is 4.92 Å². The SMILES string of the molecule is Cc1ccccc1CN(C)c1ccc(CCl)cc1[N+](=O)[O-]. The molecule has 0 amide bonds. The third-order valence-corrected chi connectivity index (χ3v) is 3.78. The van der Waals surface area contributed by atoms with Gasteiger partial charge in [0.15, 0.2) is 0 Å². The number of alkyl halides is 1. The van der Waals surface area contributed by atoms with Crippen molar-refractivity contribution in [1.29, 1.82) is 0 Å². The van der Waals surface area contributed by atoms with E-state index in [4.69, 9.17) is 11.6 Å². The maximum Gasteiger partial charge on any atom is 0.292 e. The van der Waals surface area contributed by atoms with Gasteiger partial charge in [0.05, 0.1) is 4.92 Å². The Morgan fingerprint density at radius 3 is 2.57 bits per heavy atom. The van der Waals surface area contributed by atoms with E-state index in [0.717, 1.165) is 11.1 Å². The average molecular weight is 305 g/mol. The van der Waals surface area contributed by atoms with Gasteiger partial charge in [-0.3, -0.25) is 10.1 Å². The lowest BCUT2D eigenvalue weighted by atomic mass is 10.1. The number of halogens is 1. The summed E-state index contributed by atoms with van der Waals surface area (Å²) in [7, 11) is 1.86. The fourth-order valence-electron chi connectivity index (χ4n) is 2.25. The number of nitro benzene ring substituents is 1. The minimum absolute atomic E-state index is 0.0873. The van der Waals surface area contributed by atoms with E-state index in [1.807, 2.05) is 49.2 Å². The number of nitrogens with zero attached hydrogens (tertiary/aromatic N) is 2. The maximum atomic E-state index is 11.2. The van der Waals surface area contributed by atoms with Crippen molar-refractivity contribution in [3.63, 3.8) is 0 Å². The molecule has 0 fully saturated rings. The zero-order valence-corrected chi connectivity index (χ0v) is 12.8. The molecule has 0 heterocycles. The molecule has 0 bridgehead atoms. The minimum Gasteiger partial charge on any atom is -0.365 e. The minimum atomic E-state index is -0.361. The summed E-state index contributed by atoms with van der Waals surface area (Å²) >= 11 is 5.75. The maximum absolute atomic E-state index is 11.2. The van der Waals surface area contributed by atoms with Crippen molar-refractivity contribution in [2.75, 3.05) is 11.9 Å². The highest BCUT2D eigenvalue weighted by atomic mass is 35.5. The van der Waals surface area contributed by atoms with E-state index in [1.54, 1.807) is 6.07 Å². The van der Waals surface area contributed by atoms with Crippen molar-refractivity contribution in [3.8, 4) is 0 Å². The van der Waals surface area contributed by atoms with Gasteiger partial charge in [0, 0.05) is 25.5 Å². The second kappa shape index (κ2) is 6.59. The molecule has 2 rings (SSSR count). The summed E-state index contributed by atoms with van der Waals surface area (Å²) in [5.74, 6) is 0.266. The van der Waals surface area contributed by atoms with Crippen LogP contribution in [0.2, 0.25) is 0 Å². The molecule has 0 spiro atoms. The topological polar surface area (TPSA) is 46.4 Å². The highest BCUT2D eigenvalue weighted by Gasteiger charge is 2.18. The predicted molar refractivity (Wildman–Crippen MR) is 85.9 cm³/mol. The van der Waals surface area contributed by atoms with Gasteiger partial charge in [0.2, 0.25) is 0 Å². The van der Waals surface area contributed by atoms with Crippen LogP contribution in [0.1, 0.15) is 16.7 Å². The lowest BCUT2D eigenvalue weighted by molar-refractivity contribution is -0.384. The number of nitro groups is 1. The molecule has 110 valence electrons. The summed E-state index contributed by atoms with van der Waals surface area (Å²) in [5, 5.41) is 11.2. The summed E-state index contributed by atoms with van der Waals surface area (Å²) < 4.78 is 0. The average Bonchev–Trinajstić information content (AvgIpc) is 2.48. The zero-order valence-electron chi connectivity index (χ0n) is 12.0. The Morgan fingerprint density at radius 1 is 1.24 bits per heavy atom. The Morgan fingerprint density at radius 2 is 1.95 bits per heavy atom. The fraction of sp³-hybridized carbons (Fsp3) is 0.250. The zero-order chi connectivity index (χ0) is 15.4. The summed E-state index contributed by atoms with van der Waals surface area (Å²) in [6, 6.07) is 13.1. The van der Waals surface area contributed by atoms with Gasteiger partial charge in [-0.05, 0) is 29.7 Å². The smallest absolute Gasteiger partial charge is 0.292 e. The monoisotopic (exact) mass is 304 g/mol. The van der Waals surface area contributed by atoms with Gasteiger partial charge >= 0.3 is 0 Å². The lowest BCUT2D eigenvalue weighted by Crippen LogP contribution is -2.18. The van der Waals surface area contributed by atoms with E-state index in [2.05, 4.69) is 0 Å². The Labute approximate surface area is 129 Å². The molecular formula is C16H17ClN2O2. The molecule has 0 unspecified atom stereocenters. The number of hydrogen-bond acceptors (Lipinski definition) is 3. The van der Waals surface area contributed by atoms with Crippen molar-refractivity contribution in [2.24, 2.45) is 0 Å². The molecule has 5 heteroatoms. The molecule has 2 aromatic rings. The molecule has 0 saturated heterocycles. The van der Waals surface area contributed by atoms with Gasteiger partial charge in [-0.1, -0.05) is 30.3 Å². The molecule has 2 aromatic carbocycles. The molecular weight excluding hydrogens is 288 g/mol. The lowest BCUT2D eigenvalue weighted by Gasteiger charge is -2.20. The third-order valence-electron chi connectivity index (χ3n) is 3.47. The molecule has 0 aliphatic rings. The Kier molecular flexibility index (Phi) is 4.81. The Bertz CT molecular complexity index is 658. The van der Waals surface area contributed by atoms with Gasteiger partial charge in [-0.25, -0.2) is 0 Å². The fourth-order valence-corrected chi connectivity index (χ4v) is 2.42. The number of anilines is 1. The van der Waals surface area contributed by atoms with Crippen LogP contribution in [0.25, 0.3) is 0 Å². The first-order valence-corrected chi connectivity index (χ1v) is 7.15. The number of hydrogen-bond donors (Lipinski definition) is 0. The summed E-state index contributed by atoms with van der Waals surface area (Å²) in [6.45, 7) is 2.65. The highest BCUT2D eigenvalue weighted by Crippen LogP contribution is 2.30. The van der Waals surface area contributed by atoms with Gasteiger partial charge in [-0.15, -0.1) is 11.6 Å². The van der Waals surface area contributed by atoms with Crippen molar-refractivity contribution in [1.82, 2.24) is 0 Å². The molecule has 0 aliphatic heterocycles. The van der Waals surface area contributed by atoms with E-state index in [1.165, 1.54) is 11.6 Å². The molecule has 0 N–H and O–H groups in total. The first-order valence-electron chi connectivity index (χ1n) is 6.62. The van der Waals surface area contributed by atoms with E-state index < -0.39 is 0 Å². The summed E-state index contributed by atoms with van der Waals surface area (Å²) in [5.41, 5.74) is 3.75. The number of aryl methyl sites for hydroxylation is 1. The van der Waals surface area contributed by atoms with Crippen molar-refractivity contribution in [3.05, 3.63) is 69.3 Å². The quantitative estimate of drug-likeness (QED) is 0.470. The van der Waals surface area contributed by atoms with Gasteiger partial charge in [-0.2, -0.15) is 0 Å². The van der Waals surface area contributed by atoms with E-state index in [9.17, 15) is 10.1 Å². The van der Waals surface area contributed by atoms with Gasteiger partial charge in [0.1, 0.15) is 5.69 Å². The highest BCUT2D eigenvalue weighted by molar-refractivity contribution is 6.17. The summed E-state index contributed by atoms with van der Waals surface area (Å²) in [4.78, 5) is 12.8. The second-order valence-electron chi connectivity index (χ2n) is 5.00. The van der Waals surface area contributed by atoms with Gasteiger partial charge < -0.3 is 4.90 Å². The van der Waals surface area contributed by atoms with Crippen LogP contribution in [0, 0.1) is 17.0 Å². The van der Waals surface area contributed by atoms with Crippen LogP contribution in [0.3, 0.4) is 0 Å². The standard InChI is InChI=1S/C16H17ClN2O2/c1-12-5-3-4-6-14(12)11-18(2)15-8-7-13(10-17)9-16(15)19(20)21/h3-9H,10-11H2,1-2H3. The largest absolute Gasteiger partial charge is 0.365 e. The first kappa shape index (κ1) is 15.3. The normalized spacial score (nSPS) is 10.4. The van der Waals surface area contributed by atoms with E-state index in [-0.39, 0.29) is 16.5 Å². The van der Waals surface area contributed by atoms with Crippen LogP contribution in [-0.4, -0.2) is 12.0 Å². The first-order chi connectivity index (χ1) is 10.0. The predicted octanol–water partition coefficient (Wildman–Crippen LogP) is 4.28. The Hall–Kier alpha value is -2.07. The molecule has 21 heavy (non-hydrogen) atoms. The molecule has 0 aromatic heterocycles. The van der Waals surface area contributed by atoms with E-state index in [0.29, 0.717) is 12.2 Å². The summed E-state index contributed by atoms with van der Waals surface area (Å²) in [6.07, 6.45) is 0. The second-order valence-corrected chi connectivity index (χ2v) is 5.26. The van der Waals surface area contributed by atoms with Crippen LogP contribution < -0.4 is 4.90 Å². The molecule has 0 atom stereocenters. The van der Waals surface area contributed by atoms with Gasteiger partial charge in [0.25, 0.3) is 5.69 Å². The number of rotatable bonds is 5. The van der Waals surface area contributed by atoms with Crippen LogP contribution >= 0.6 is 11.6 Å². The molecule has 0 saturated carbocycles. The Balaban J connectivity index is 2.33. The van der Waals surface area contributed by atoms with Crippen LogP contribution in [0.4, 0.5) is 11.4 Å². The van der Waals surface area contributed by atoms with E-state index >= 15 is 0 Å². The van der Waals surface area contributed by atoms with Crippen molar-refractivity contribution >= 4 is 23.0 Å².